The van der Waals surface area contributed by atoms with E-state index in [0.717, 1.165) is 4.47 Å². The first kappa shape index (κ1) is 17.0. The first-order valence-corrected chi connectivity index (χ1v) is 8.37. The zero-order chi connectivity index (χ0) is 17.8. The van der Waals surface area contributed by atoms with Crippen molar-refractivity contribution in [3.05, 3.63) is 64.8 Å². The quantitative estimate of drug-likeness (QED) is 0.824. The number of benzene rings is 2. The average molecular weight is 402 g/mol. The lowest BCUT2D eigenvalue weighted by molar-refractivity contribution is -0.119. The molecule has 1 heterocycles. The van der Waals surface area contributed by atoms with Crippen molar-refractivity contribution in [1.82, 2.24) is 5.43 Å². The van der Waals surface area contributed by atoms with Crippen LogP contribution in [0.1, 0.15) is 6.42 Å². The fourth-order valence-electron chi connectivity index (χ4n) is 2.39. The van der Waals surface area contributed by atoms with Gasteiger partial charge in [-0.05, 0) is 42.5 Å². The minimum atomic E-state index is -0.348. The van der Waals surface area contributed by atoms with E-state index >= 15 is 0 Å². The van der Waals surface area contributed by atoms with E-state index in [1.165, 1.54) is 12.1 Å². The Morgan fingerprint density at radius 1 is 1.20 bits per heavy atom. The molecule has 1 aliphatic heterocycles. The molecule has 0 saturated carbocycles. The van der Waals surface area contributed by atoms with E-state index in [1.54, 1.807) is 36.4 Å². The number of amides is 2. The molecule has 0 radical (unpaired) electrons. The monoisotopic (exact) mass is 401 g/mol. The molecule has 0 bridgehead atoms. The lowest BCUT2D eigenvalue weighted by atomic mass is 10.2. The van der Waals surface area contributed by atoms with Crippen LogP contribution >= 0.6 is 15.9 Å². The molecule has 0 atom stereocenters. The molecule has 25 heavy (non-hydrogen) atoms. The predicted molar refractivity (Wildman–Crippen MR) is 99.1 cm³/mol. The number of para-hydroxylation sites is 2. The van der Waals surface area contributed by atoms with Gasteiger partial charge in [0.1, 0.15) is 11.4 Å². The van der Waals surface area contributed by atoms with E-state index in [2.05, 4.69) is 26.7 Å². The van der Waals surface area contributed by atoms with Crippen LogP contribution in [0.15, 0.2) is 64.8 Å². The van der Waals surface area contributed by atoms with Crippen LogP contribution in [0.4, 0.5) is 11.4 Å². The third kappa shape index (κ3) is 3.83. The van der Waals surface area contributed by atoms with Crippen LogP contribution in [0.2, 0.25) is 0 Å². The number of hydrogen-bond donors (Lipinski definition) is 2. The molecule has 2 amide bonds. The van der Waals surface area contributed by atoms with Crippen molar-refractivity contribution >= 4 is 39.1 Å². The largest absolute Gasteiger partial charge is 0.495 e. The topological polar surface area (TPSA) is 70.7 Å². The third-order valence-electron chi connectivity index (χ3n) is 3.65. The van der Waals surface area contributed by atoms with Gasteiger partial charge < -0.3 is 10.1 Å². The number of hydrazine groups is 1. The summed E-state index contributed by atoms with van der Waals surface area (Å²) >= 11 is 3.36. The van der Waals surface area contributed by atoms with Gasteiger partial charge in [-0.3, -0.25) is 15.0 Å². The molecular formula is C18H16BrN3O3. The summed E-state index contributed by atoms with van der Waals surface area (Å²) in [5.41, 5.74) is 4.39. The number of nitrogens with one attached hydrogen (secondary N) is 2. The minimum Gasteiger partial charge on any atom is -0.495 e. The van der Waals surface area contributed by atoms with Gasteiger partial charge in [0.25, 0.3) is 5.91 Å². The summed E-state index contributed by atoms with van der Waals surface area (Å²) < 4.78 is 6.14. The number of rotatable bonds is 4. The van der Waals surface area contributed by atoms with Gasteiger partial charge in [-0.25, -0.2) is 5.01 Å². The number of nitrogens with zero attached hydrogens (tertiary/aromatic N) is 1. The summed E-state index contributed by atoms with van der Waals surface area (Å²) in [6, 6.07) is 14.4. The van der Waals surface area contributed by atoms with Crippen LogP contribution in [-0.2, 0) is 9.59 Å². The summed E-state index contributed by atoms with van der Waals surface area (Å²) in [6.07, 6.45) is 1.71. The standard InChI is InChI=1S/C18H16BrN3O3/c1-25-16-5-3-2-4-14(16)20-18(24)15-10-11-17(23)22(21-15)13-8-6-12(19)7-9-13/h2-10,21H,11H2,1H3,(H,20,24). The van der Waals surface area contributed by atoms with Crippen LogP contribution in [0.5, 0.6) is 5.75 Å². The second-order valence-corrected chi connectivity index (χ2v) is 6.21. The molecular weight excluding hydrogens is 386 g/mol. The number of hydrogen-bond acceptors (Lipinski definition) is 4. The SMILES string of the molecule is COc1ccccc1NC(=O)C1=CCC(=O)N(c2ccc(Br)cc2)N1. The second-order valence-electron chi connectivity index (χ2n) is 5.29. The molecule has 0 fully saturated rings. The molecule has 1 aliphatic rings. The van der Waals surface area contributed by atoms with Gasteiger partial charge in [0.2, 0.25) is 5.91 Å². The maximum atomic E-state index is 12.5. The molecule has 2 aromatic carbocycles. The Hall–Kier alpha value is -2.80. The third-order valence-corrected chi connectivity index (χ3v) is 4.18. The molecule has 0 spiro atoms. The van der Waals surface area contributed by atoms with E-state index < -0.39 is 0 Å². The number of carbonyl (C=O) groups excluding carboxylic acids is 2. The Kier molecular flexibility index (Phi) is 5.04. The maximum absolute atomic E-state index is 12.5. The number of carbonyl (C=O) groups is 2. The smallest absolute Gasteiger partial charge is 0.273 e. The van der Waals surface area contributed by atoms with Crippen molar-refractivity contribution < 1.29 is 14.3 Å². The van der Waals surface area contributed by atoms with Gasteiger partial charge >= 0.3 is 0 Å². The summed E-state index contributed by atoms with van der Waals surface area (Å²) in [4.78, 5) is 24.7. The lowest BCUT2D eigenvalue weighted by Gasteiger charge is -2.28. The van der Waals surface area contributed by atoms with Gasteiger partial charge in [-0.1, -0.05) is 28.1 Å². The Morgan fingerprint density at radius 3 is 2.64 bits per heavy atom. The van der Waals surface area contributed by atoms with Crippen molar-refractivity contribution in [3.8, 4) is 5.75 Å². The van der Waals surface area contributed by atoms with E-state index in [1.807, 2.05) is 18.2 Å². The van der Waals surface area contributed by atoms with E-state index in [-0.39, 0.29) is 18.2 Å². The number of methoxy groups -OCH3 is 1. The van der Waals surface area contributed by atoms with Gasteiger partial charge in [0.05, 0.1) is 18.5 Å². The highest BCUT2D eigenvalue weighted by Gasteiger charge is 2.24. The molecule has 3 rings (SSSR count). The molecule has 7 heteroatoms. The first-order chi connectivity index (χ1) is 12.1. The van der Waals surface area contributed by atoms with Gasteiger partial charge in [0.15, 0.2) is 0 Å². The van der Waals surface area contributed by atoms with Gasteiger partial charge in [-0.15, -0.1) is 0 Å². The zero-order valence-electron chi connectivity index (χ0n) is 13.5. The van der Waals surface area contributed by atoms with Crippen molar-refractivity contribution in [2.45, 2.75) is 6.42 Å². The molecule has 128 valence electrons. The summed E-state index contributed by atoms with van der Waals surface area (Å²) in [5.74, 6) is 0.0726. The molecule has 0 aromatic heterocycles. The Bertz CT molecular complexity index is 834. The van der Waals surface area contributed by atoms with Crippen molar-refractivity contribution in [2.75, 3.05) is 17.4 Å². The van der Waals surface area contributed by atoms with E-state index in [0.29, 0.717) is 22.8 Å². The Morgan fingerprint density at radius 2 is 1.92 bits per heavy atom. The normalized spacial score (nSPS) is 13.8. The van der Waals surface area contributed by atoms with Crippen molar-refractivity contribution in [1.29, 1.82) is 0 Å². The maximum Gasteiger partial charge on any atom is 0.273 e. The fourth-order valence-corrected chi connectivity index (χ4v) is 2.65. The van der Waals surface area contributed by atoms with Crippen LogP contribution < -0.4 is 20.5 Å². The molecule has 0 saturated heterocycles. The Balaban J connectivity index is 1.77. The van der Waals surface area contributed by atoms with Crippen molar-refractivity contribution in [3.63, 3.8) is 0 Å². The Labute approximate surface area is 153 Å². The predicted octanol–water partition coefficient (Wildman–Crippen LogP) is 3.22. The van der Waals surface area contributed by atoms with E-state index in [4.69, 9.17) is 4.74 Å². The minimum absolute atomic E-state index is 0.137. The highest BCUT2D eigenvalue weighted by Crippen LogP contribution is 2.24. The average Bonchev–Trinajstić information content (AvgIpc) is 2.63. The van der Waals surface area contributed by atoms with Gasteiger partial charge in [0, 0.05) is 10.9 Å². The lowest BCUT2D eigenvalue weighted by Crippen LogP contribution is -2.47. The molecule has 2 N–H and O–H groups in total. The van der Waals surface area contributed by atoms with Gasteiger partial charge in [-0.2, -0.15) is 0 Å². The van der Waals surface area contributed by atoms with Crippen molar-refractivity contribution in [2.24, 2.45) is 0 Å². The summed E-state index contributed by atoms with van der Waals surface area (Å²) in [6.45, 7) is 0. The summed E-state index contributed by atoms with van der Waals surface area (Å²) in [5, 5.41) is 4.15. The van der Waals surface area contributed by atoms with Crippen LogP contribution in [0.3, 0.4) is 0 Å². The van der Waals surface area contributed by atoms with Crippen LogP contribution in [0.25, 0.3) is 0 Å². The second kappa shape index (κ2) is 7.40. The highest BCUT2D eigenvalue weighted by molar-refractivity contribution is 9.10. The molecule has 0 unspecified atom stereocenters. The van der Waals surface area contributed by atoms with E-state index in [9.17, 15) is 9.59 Å². The summed E-state index contributed by atoms with van der Waals surface area (Å²) in [7, 11) is 1.54. The zero-order valence-corrected chi connectivity index (χ0v) is 15.0. The number of halogens is 1. The number of anilines is 2. The first-order valence-electron chi connectivity index (χ1n) is 7.58. The van der Waals surface area contributed by atoms with Crippen LogP contribution in [0, 0.1) is 0 Å². The molecule has 6 nitrogen and oxygen atoms in total. The van der Waals surface area contributed by atoms with Crippen LogP contribution in [-0.4, -0.2) is 18.9 Å². The molecule has 0 aliphatic carbocycles. The number of ether oxygens (including phenoxy) is 1. The fraction of sp³-hybridized carbons (Fsp3) is 0.111. The molecule has 2 aromatic rings. The highest BCUT2D eigenvalue weighted by atomic mass is 79.9.